The summed E-state index contributed by atoms with van der Waals surface area (Å²) in [6.07, 6.45) is 0.708. The molecule has 1 aromatic rings. The Morgan fingerprint density at radius 3 is 2.50 bits per heavy atom. The average Bonchev–Trinajstić information content (AvgIpc) is 2.26. The highest BCUT2D eigenvalue weighted by atomic mass is 32.2. The second kappa shape index (κ2) is 6.26. The summed E-state index contributed by atoms with van der Waals surface area (Å²) in [6.45, 7) is 4.12. The van der Waals surface area contributed by atoms with Crippen molar-refractivity contribution < 1.29 is 12.8 Å². The summed E-state index contributed by atoms with van der Waals surface area (Å²) >= 11 is 0. The molecule has 102 valence electrons. The molecule has 0 saturated carbocycles. The molecule has 3 N–H and O–H groups in total. The van der Waals surface area contributed by atoms with Gasteiger partial charge in [0.05, 0.1) is 0 Å². The number of rotatable bonds is 6. The molecule has 6 heteroatoms. The minimum absolute atomic E-state index is 0.106. The molecule has 0 aliphatic heterocycles. The van der Waals surface area contributed by atoms with Crippen LogP contribution >= 0.6 is 0 Å². The van der Waals surface area contributed by atoms with E-state index in [9.17, 15) is 12.8 Å². The Kier molecular flexibility index (Phi) is 5.25. The van der Waals surface area contributed by atoms with Gasteiger partial charge in [0.25, 0.3) is 0 Å². The third-order valence-electron chi connectivity index (χ3n) is 2.44. The number of hydrogen-bond acceptors (Lipinski definition) is 3. The Balaban J connectivity index is 2.69. The third kappa shape index (κ3) is 4.36. The number of sulfonamides is 1. The van der Waals surface area contributed by atoms with E-state index in [0.29, 0.717) is 12.3 Å². The standard InChI is InChI=1S/C12H19FN2O2S/c1-9(2)7-10(14)8-15-18(16,17)12-6-4-3-5-11(12)13/h3-6,9-10,15H,7-8,14H2,1-2H3. The summed E-state index contributed by atoms with van der Waals surface area (Å²) in [5, 5.41) is 0. The summed E-state index contributed by atoms with van der Waals surface area (Å²) in [5.74, 6) is -0.375. The van der Waals surface area contributed by atoms with E-state index in [-0.39, 0.29) is 17.5 Å². The van der Waals surface area contributed by atoms with Crippen LogP contribution in [0.5, 0.6) is 0 Å². The van der Waals surface area contributed by atoms with Crippen LogP contribution < -0.4 is 10.5 Å². The van der Waals surface area contributed by atoms with Gasteiger partial charge in [0.15, 0.2) is 0 Å². The first-order valence-electron chi connectivity index (χ1n) is 5.82. The van der Waals surface area contributed by atoms with Crippen LogP contribution in [-0.4, -0.2) is 21.0 Å². The van der Waals surface area contributed by atoms with Crippen molar-refractivity contribution in [1.82, 2.24) is 4.72 Å². The van der Waals surface area contributed by atoms with Crippen molar-refractivity contribution in [2.75, 3.05) is 6.54 Å². The lowest BCUT2D eigenvalue weighted by Crippen LogP contribution is -2.38. The van der Waals surface area contributed by atoms with Crippen molar-refractivity contribution in [3.63, 3.8) is 0 Å². The van der Waals surface area contributed by atoms with Crippen molar-refractivity contribution in [2.45, 2.75) is 31.2 Å². The SMILES string of the molecule is CC(C)CC(N)CNS(=O)(=O)c1ccccc1F. The first-order chi connectivity index (χ1) is 8.33. The average molecular weight is 274 g/mol. The Hall–Kier alpha value is -0.980. The van der Waals surface area contributed by atoms with Crippen molar-refractivity contribution >= 4 is 10.0 Å². The topological polar surface area (TPSA) is 72.2 Å². The maximum absolute atomic E-state index is 13.4. The van der Waals surface area contributed by atoms with E-state index in [4.69, 9.17) is 5.73 Å². The van der Waals surface area contributed by atoms with Gasteiger partial charge in [-0.05, 0) is 24.5 Å². The number of hydrogen-bond donors (Lipinski definition) is 2. The number of nitrogens with one attached hydrogen (secondary N) is 1. The van der Waals surface area contributed by atoms with Gasteiger partial charge >= 0.3 is 0 Å². The molecule has 0 heterocycles. The minimum atomic E-state index is -3.83. The fourth-order valence-electron chi connectivity index (χ4n) is 1.65. The minimum Gasteiger partial charge on any atom is -0.327 e. The molecule has 0 aliphatic carbocycles. The summed E-state index contributed by atoms with van der Waals surface area (Å²) in [6, 6.07) is 4.99. The Bertz CT molecular complexity index is 489. The monoisotopic (exact) mass is 274 g/mol. The fraction of sp³-hybridized carbons (Fsp3) is 0.500. The molecular weight excluding hydrogens is 255 g/mol. The van der Waals surface area contributed by atoms with Gasteiger partial charge in [0.1, 0.15) is 10.7 Å². The molecule has 4 nitrogen and oxygen atoms in total. The van der Waals surface area contributed by atoms with Gasteiger partial charge in [-0.3, -0.25) is 0 Å². The largest absolute Gasteiger partial charge is 0.327 e. The quantitative estimate of drug-likeness (QED) is 0.825. The maximum Gasteiger partial charge on any atom is 0.243 e. The van der Waals surface area contributed by atoms with Crippen LogP contribution in [-0.2, 0) is 10.0 Å². The predicted octanol–water partition coefficient (Wildman–Crippen LogP) is 1.48. The van der Waals surface area contributed by atoms with Crippen LogP contribution in [0, 0.1) is 11.7 Å². The predicted molar refractivity (Wildman–Crippen MR) is 69.0 cm³/mol. The van der Waals surface area contributed by atoms with Crippen molar-refractivity contribution in [1.29, 1.82) is 0 Å². The summed E-state index contributed by atoms with van der Waals surface area (Å²) in [5.41, 5.74) is 5.78. The van der Waals surface area contributed by atoms with Gasteiger partial charge in [0, 0.05) is 12.6 Å². The van der Waals surface area contributed by atoms with Gasteiger partial charge in [-0.25, -0.2) is 17.5 Å². The zero-order valence-corrected chi connectivity index (χ0v) is 11.4. The Labute approximate surface area is 107 Å². The van der Waals surface area contributed by atoms with Crippen LogP contribution in [0.2, 0.25) is 0 Å². The summed E-state index contributed by atoms with van der Waals surface area (Å²) in [4.78, 5) is -0.346. The van der Waals surface area contributed by atoms with E-state index < -0.39 is 15.8 Å². The molecule has 1 rings (SSSR count). The van der Waals surface area contributed by atoms with E-state index in [0.717, 1.165) is 6.07 Å². The van der Waals surface area contributed by atoms with Crippen molar-refractivity contribution in [2.24, 2.45) is 11.7 Å². The van der Waals surface area contributed by atoms with Crippen LogP contribution in [0.1, 0.15) is 20.3 Å². The molecule has 0 fully saturated rings. The van der Waals surface area contributed by atoms with Crippen LogP contribution in [0.4, 0.5) is 4.39 Å². The molecule has 0 bridgehead atoms. The van der Waals surface area contributed by atoms with E-state index in [1.165, 1.54) is 18.2 Å². The smallest absolute Gasteiger partial charge is 0.243 e. The second-order valence-electron chi connectivity index (χ2n) is 4.67. The van der Waals surface area contributed by atoms with Gasteiger partial charge in [-0.2, -0.15) is 0 Å². The molecule has 18 heavy (non-hydrogen) atoms. The highest BCUT2D eigenvalue weighted by Crippen LogP contribution is 2.13. The summed E-state index contributed by atoms with van der Waals surface area (Å²) in [7, 11) is -3.83. The van der Waals surface area contributed by atoms with E-state index in [1.807, 2.05) is 13.8 Å². The molecule has 1 atom stereocenters. The second-order valence-corrected chi connectivity index (χ2v) is 6.41. The third-order valence-corrected chi connectivity index (χ3v) is 3.89. The zero-order valence-electron chi connectivity index (χ0n) is 10.6. The summed E-state index contributed by atoms with van der Waals surface area (Å²) < 4.78 is 39.4. The lowest BCUT2D eigenvalue weighted by Gasteiger charge is -2.15. The highest BCUT2D eigenvalue weighted by molar-refractivity contribution is 7.89. The lowest BCUT2D eigenvalue weighted by molar-refractivity contribution is 0.484. The van der Waals surface area contributed by atoms with Crippen LogP contribution in [0.15, 0.2) is 29.2 Å². The van der Waals surface area contributed by atoms with Gasteiger partial charge in [-0.1, -0.05) is 26.0 Å². The van der Waals surface area contributed by atoms with E-state index in [2.05, 4.69) is 4.72 Å². The number of nitrogens with two attached hydrogens (primary N) is 1. The molecule has 0 radical (unpaired) electrons. The molecule has 0 amide bonds. The van der Waals surface area contributed by atoms with E-state index in [1.54, 1.807) is 0 Å². The Morgan fingerprint density at radius 1 is 1.33 bits per heavy atom. The number of benzene rings is 1. The normalized spacial score (nSPS) is 13.8. The maximum atomic E-state index is 13.4. The molecule has 1 unspecified atom stereocenters. The fourth-order valence-corrected chi connectivity index (χ4v) is 2.82. The highest BCUT2D eigenvalue weighted by Gasteiger charge is 2.19. The van der Waals surface area contributed by atoms with Crippen LogP contribution in [0.3, 0.4) is 0 Å². The lowest BCUT2D eigenvalue weighted by atomic mass is 10.1. The van der Waals surface area contributed by atoms with Gasteiger partial charge in [0.2, 0.25) is 10.0 Å². The molecule has 0 spiro atoms. The molecule has 0 saturated heterocycles. The first kappa shape index (κ1) is 15.1. The molecular formula is C12H19FN2O2S. The zero-order chi connectivity index (χ0) is 13.8. The first-order valence-corrected chi connectivity index (χ1v) is 7.31. The Morgan fingerprint density at radius 2 is 1.94 bits per heavy atom. The number of halogens is 1. The molecule has 1 aromatic carbocycles. The molecule has 0 aromatic heterocycles. The van der Waals surface area contributed by atoms with Crippen LogP contribution in [0.25, 0.3) is 0 Å². The van der Waals surface area contributed by atoms with Crippen molar-refractivity contribution in [3.8, 4) is 0 Å². The van der Waals surface area contributed by atoms with Gasteiger partial charge in [-0.15, -0.1) is 0 Å². The molecule has 0 aliphatic rings. The van der Waals surface area contributed by atoms with Gasteiger partial charge < -0.3 is 5.73 Å². The van der Waals surface area contributed by atoms with Crippen molar-refractivity contribution in [3.05, 3.63) is 30.1 Å². The van der Waals surface area contributed by atoms with E-state index >= 15 is 0 Å².